The van der Waals surface area contributed by atoms with Crippen LogP contribution in [-0.4, -0.2) is 12.1 Å². The number of halogens is 1. The summed E-state index contributed by atoms with van der Waals surface area (Å²) in [5, 5.41) is 8.75. The molecule has 0 bridgehead atoms. The van der Waals surface area contributed by atoms with Gasteiger partial charge in [-0.2, -0.15) is 5.10 Å². The van der Waals surface area contributed by atoms with Gasteiger partial charge in [0.15, 0.2) is 0 Å². The maximum Gasteiger partial charge on any atom is 0.272 e. The maximum absolute atomic E-state index is 12.4. The van der Waals surface area contributed by atoms with Crippen LogP contribution in [0.1, 0.15) is 15.9 Å². The van der Waals surface area contributed by atoms with Gasteiger partial charge in [-0.05, 0) is 62.3 Å². The van der Waals surface area contributed by atoms with Crippen molar-refractivity contribution in [2.24, 2.45) is 5.10 Å². The minimum atomic E-state index is -0.212. The summed E-state index contributed by atoms with van der Waals surface area (Å²) in [5.41, 5.74) is 4.26. The van der Waals surface area contributed by atoms with Crippen molar-refractivity contribution in [1.82, 2.24) is 5.43 Å². The number of nitrogens with zero attached hydrogens (tertiary/aromatic N) is 1. The Kier molecular flexibility index (Phi) is 4.67. The third kappa shape index (κ3) is 3.20. The molecule has 0 aliphatic heterocycles. The highest BCUT2D eigenvalue weighted by molar-refractivity contribution is 14.1. The summed E-state index contributed by atoms with van der Waals surface area (Å²) in [5.74, 6) is -0.212. The number of carbonyl (C=O) groups is 1. The summed E-state index contributed by atoms with van der Waals surface area (Å²) in [6.07, 6.45) is 1.73. The first-order chi connectivity index (χ1) is 12.7. The van der Waals surface area contributed by atoms with Crippen LogP contribution >= 0.6 is 22.6 Å². The van der Waals surface area contributed by atoms with Gasteiger partial charge in [0.05, 0.1) is 11.8 Å². The van der Waals surface area contributed by atoms with Gasteiger partial charge in [0, 0.05) is 9.13 Å². The number of hydrogen-bond donors (Lipinski definition) is 1. The third-order valence-corrected chi connectivity index (χ3v) is 5.23. The number of nitrogens with one attached hydrogen (secondary N) is 1. The van der Waals surface area contributed by atoms with E-state index in [0.717, 1.165) is 30.7 Å². The summed E-state index contributed by atoms with van der Waals surface area (Å²) in [7, 11) is 0. The van der Waals surface area contributed by atoms with E-state index < -0.39 is 0 Å². The molecule has 1 amide bonds. The van der Waals surface area contributed by atoms with Crippen molar-refractivity contribution >= 4 is 56.3 Å². The predicted molar refractivity (Wildman–Crippen MR) is 116 cm³/mol. The van der Waals surface area contributed by atoms with E-state index in [1.54, 1.807) is 12.3 Å². The van der Waals surface area contributed by atoms with Crippen molar-refractivity contribution in [2.45, 2.75) is 0 Å². The summed E-state index contributed by atoms with van der Waals surface area (Å²) in [6.45, 7) is 0. The zero-order chi connectivity index (χ0) is 17.9. The molecule has 0 aliphatic rings. The van der Waals surface area contributed by atoms with Crippen molar-refractivity contribution in [3.05, 3.63) is 93.6 Å². The largest absolute Gasteiger partial charge is 0.272 e. The van der Waals surface area contributed by atoms with E-state index in [1.807, 2.05) is 42.5 Å². The lowest BCUT2D eigenvalue weighted by Gasteiger charge is -2.08. The average molecular weight is 450 g/mol. The summed E-state index contributed by atoms with van der Waals surface area (Å²) >= 11 is 2.15. The lowest BCUT2D eigenvalue weighted by atomic mass is 9.97. The van der Waals surface area contributed by atoms with E-state index in [9.17, 15) is 4.79 Å². The highest BCUT2D eigenvalue weighted by Crippen LogP contribution is 2.27. The second-order valence-corrected chi connectivity index (χ2v) is 7.07. The Labute approximate surface area is 164 Å². The smallest absolute Gasteiger partial charge is 0.267 e. The molecule has 0 unspecified atom stereocenters. The number of fused-ring (bicyclic) bond motifs is 2. The topological polar surface area (TPSA) is 41.5 Å². The van der Waals surface area contributed by atoms with Crippen molar-refractivity contribution in [1.29, 1.82) is 0 Å². The number of benzene rings is 4. The Morgan fingerprint density at radius 3 is 2.08 bits per heavy atom. The molecule has 0 spiro atoms. The standard InChI is InChI=1S/C22H15IN2O/c23-21-12-6-5-11-19(21)22(26)25-24-14-20-17-9-3-1-7-15(17)13-16-8-2-4-10-18(16)20/h1-14H,(H,25,26). The van der Waals surface area contributed by atoms with Crippen LogP contribution < -0.4 is 5.43 Å². The van der Waals surface area contributed by atoms with Crippen LogP contribution in [0, 0.1) is 3.57 Å². The van der Waals surface area contributed by atoms with Gasteiger partial charge in [-0.15, -0.1) is 0 Å². The fourth-order valence-electron chi connectivity index (χ4n) is 3.05. The molecule has 4 heteroatoms. The molecule has 0 fully saturated rings. The molecule has 126 valence electrons. The highest BCUT2D eigenvalue weighted by atomic mass is 127. The van der Waals surface area contributed by atoms with E-state index in [-0.39, 0.29) is 5.91 Å². The van der Waals surface area contributed by atoms with Gasteiger partial charge >= 0.3 is 0 Å². The van der Waals surface area contributed by atoms with Crippen molar-refractivity contribution in [3.8, 4) is 0 Å². The molecule has 26 heavy (non-hydrogen) atoms. The number of hydrazone groups is 1. The van der Waals surface area contributed by atoms with Crippen LogP contribution in [0.5, 0.6) is 0 Å². The maximum atomic E-state index is 12.4. The molecule has 0 heterocycles. The molecule has 0 aromatic heterocycles. The average Bonchev–Trinajstić information content (AvgIpc) is 2.67. The zero-order valence-electron chi connectivity index (χ0n) is 13.8. The van der Waals surface area contributed by atoms with Gasteiger partial charge < -0.3 is 0 Å². The normalized spacial score (nSPS) is 11.3. The summed E-state index contributed by atoms with van der Waals surface area (Å²) < 4.78 is 0.897. The Balaban J connectivity index is 1.73. The number of carbonyl (C=O) groups excluding carboxylic acids is 1. The van der Waals surface area contributed by atoms with Gasteiger partial charge in [0.1, 0.15) is 0 Å². The van der Waals surface area contributed by atoms with Crippen LogP contribution in [-0.2, 0) is 0 Å². The fourth-order valence-corrected chi connectivity index (χ4v) is 3.68. The van der Waals surface area contributed by atoms with Crippen LogP contribution in [0.3, 0.4) is 0 Å². The quantitative estimate of drug-likeness (QED) is 0.194. The second kappa shape index (κ2) is 7.25. The lowest BCUT2D eigenvalue weighted by molar-refractivity contribution is 0.0954. The molecule has 4 aromatic carbocycles. The van der Waals surface area contributed by atoms with E-state index in [1.165, 1.54) is 0 Å². The lowest BCUT2D eigenvalue weighted by Crippen LogP contribution is -2.18. The van der Waals surface area contributed by atoms with E-state index >= 15 is 0 Å². The first kappa shape index (κ1) is 16.7. The Morgan fingerprint density at radius 2 is 1.42 bits per heavy atom. The Hall–Kier alpha value is -2.73. The van der Waals surface area contributed by atoms with Crippen LogP contribution in [0.25, 0.3) is 21.5 Å². The molecule has 4 aromatic rings. The van der Waals surface area contributed by atoms with E-state index in [2.05, 4.69) is 63.4 Å². The Morgan fingerprint density at radius 1 is 0.846 bits per heavy atom. The molecule has 0 saturated heterocycles. The molecule has 1 N–H and O–H groups in total. The minimum Gasteiger partial charge on any atom is -0.267 e. The Bertz CT molecular complexity index is 1100. The molecular weight excluding hydrogens is 435 g/mol. The van der Waals surface area contributed by atoms with Gasteiger partial charge in [-0.25, -0.2) is 5.43 Å². The molecule has 4 rings (SSSR count). The third-order valence-electron chi connectivity index (χ3n) is 4.29. The number of hydrogen-bond acceptors (Lipinski definition) is 2. The monoisotopic (exact) mass is 450 g/mol. The number of rotatable bonds is 3. The predicted octanol–water partition coefficient (Wildman–Crippen LogP) is 5.36. The van der Waals surface area contributed by atoms with Crippen LogP contribution in [0.4, 0.5) is 0 Å². The molecule has 0 radical (unpaired) electrons. The van der Waals surface area contributed by atoms with Crippen molar-refractivity contribution in [3.63, 3.8) is 0 Å². The van der Waals surface area contributed by atoms with Gasteiger partial charge in [-0.1, -0.05) is 60.7 Å². The summed E-state index contributed by atoms with van der Waals surface area (Å²) in [6, 6.07) is 26.0. The highest BCUT2D eigenvalue weighted by Gasteiger charge is 2.08. The fraction of sp³-hybridized carbons (Fsp3) is 0. The first-order valence-corrected chi connectivity index (χ1v) is 9.30. The van der Waals surface area contributed by atoms with Gasteiger partial charge in [0.25, 0.3) is 5.91 Å². The van der Waals surface area contributed by atoms with Crippen LogP contribution in [0.2, 0.25) is 0 Å². The van der Waals surface area contributed by atoms with Crippen molar-refractivity contribution < 1.29 is 4.79 Å². The van der Waals surface area contributed by atoms with Gasteiger partial charge in [0.2, 0.25) is 0 Å². The van der Waals surface area contributed by atoms with Crippen LogP contribution in [0.15, 0.2) is 84.0 Å². The number of amides is 1. The SMILES string of the molecule is O=C(NN=Cc1c2ccccc2cc2ccccc12)c1ccccc1I. The van der Waals surface area contributed by atoms with E-state index in [4.69, 9.17) is 0 Å². The molecular formula is C22H15IN2O. The first-order valence-electron chi connectivity index (χ1n) is 8.22. The zero-order valence-corrected chi connectivity index (χ0v) is 16.0. The minimum absolute atomic E-state index is 0.212. The molecule has 3 nitrogen and oxygen atoms in total. The van der Waals surface area contributed by atoms with E-state index in [0.29, 0.717) is 5.56 Å². The van der Waals surface area contributed by atoms with Crippen molar-refractivity contribution in [2.75, 3.05) is 0 Å². The molecule has 0 aliphatic carbocycles. The van der Waals surface area contributed by atoms with Gasteiger partial charge in [-0.3, -0.25) is 4.79 Å². The molecule has 0 atom stereocenters. The second-order valence-electron chi connectivity index (χ2n) is 5.91. The summed E-state index contributed by atoms with van der Waals surface area (Å²) in [4.78, 5) is 12.4. The molecule has 0 saturated carbocycles.